The first-order valence-corrected chi connectivity index (χ1v) is 9.05. The number of ether oxygens (including phenoxy) is 3. The summed E-state index contributed by atoms with van der Waals surface area (Å²) in [6.45, 7) is 2.88. The summed E-state index contributed by atoms with van der Waals surface area (Å²) in [7, 11) is 0. The number of anilines is 1. The number of rotatable bonds is 6. The second-order valence-electron chi connectivity index (χ2n) is 6.67. The molecule has 0 aliphatic carbocycles. The molecule has 26 heavy (non-hydrogen) atoms. The van der Waals surface area contributed by atoms with Crippen LogP contribution in [0.15, 0.2) is 18.2 Å². The smallest absolute Gasteiger partial charge is 0.333 e. The number of halogens is 1. The van der Waals surface area contributed by atoms with Gasteiger partial charge in [0.1, 0.15) is 18.5 Å². The molecule has 2 aliphatic heterocycles. The quantitative estimate of drug-likeness (QED) is 0.784. The Bertz CT molecular complexity index is 676. The van der Waals surface area contributed by atoms with Crippen LogP contribution in [0.5, 0.6) is 5.75 Å². The Balaban J connectivity index is 1.65. The fourth-order valence-electron chi connectivity index (χ4n) is 3.20. The summed E-state index contributed by atoms with van der Waals surface area (Å²) < 4.78 is 16.7. The van der Waals surface area contributed by atoms with Crippen LogP contribution in [0.25, 0.3) is 0 Å². The van der Waals surface area contributed by atoms with E-state index in [0.29, 0.717) is 29.5 Å². The number of amides is 1. The molecule has 0 saturated carbocycles. The zero-order valence-corrected chi connectivity index (χ0v) is 15.2. The zero-order valence-electron chi connectivity index (χ0n) is 14.4. The summed E-state index contributed by atoms with van der Waals surface area (Å²) in [5.74, 6) is -1.22. The van der Waals surface area contributed by atoms with E-state index >= 15 is 0 Å². The lowest BCUT2D eigenvalue weighted by Crippen LogP contribution is -2.30. The third-order valence-electron chi connectivity index (χ3n) is 4.60. The molecule has 4 atom stereocenters. The Morgan fingerprint density at radius 2 is 2.23 bits per heavy atom. The van der Waals surface area contributed by atoms with E-state index in [2.05, 4.69) is 5.32 Å². The van der Waals surface area contributed by atoms with Crippen LogP contribution >= 0.6 is 11.6 Å². The van der Waals surface area contributed by atoms with Crippen LogP contribution in [0.1, 0.15) is 26.2 Å². The average Bonchev–Trinajstić information content (AvgIpc) is 3.23. The third-order valence-corrected chi connectivity index (χ3v) is 4.83. The van der Waals surface area contributed by atoms with Gasteiger partial charge in [0.2, 0.25) is 0 Å². The number of benzene rings is 1. The second-order valence-corrected chi connectivity index (χ2v) is 7.11. The van der Waals surface area contributed by atoms with E-state index < -0.39 is 24.1 Å². The number of carboxylic acids is 1. The second kappa shape index (κ2) is 8.24. The number of carboxylic acid groups (broad SMARTS) is 1. The van der Waals surface area contributed by atoms with Gasteiger partial charge in [-0.1, -0.05) is 18.5 Å². The van der Waals surface area contributed by atoms with Gasteiger partial charge in [0.25, 0.3) is 5.91 Å². The molecule has 2 N–H and O–H groups in total. The lowest BCUT2D eigenvalue weighted by molar-refractivity contribution is -0.152. The third kappa shape index (κ3) is 4.47. The molecule has 0 spiro atoms. The van der Waals surface area contributed by atoms with Crippen molar-refractivity contribution in [3.8, 4) is 5.75 Å². The Kier molecular flexibility index (Phi) is 6.01. The first-order valence-electron chi connectivity index (χ1n) is 8.67. The minimum Gasteiger partial charge on any atom is -0.489 e. The monoisotopic (exact) mass is 383 g/mol. The summed E-state index contributed by atoms with van der Waals surface area (Å²) in [6.07, 6.45) is 0.552. The molecule has 1 amide bonds. The van der Waals surface area contributed by atoms with Crippen LogP contribution in [-0.2, 0) is 19.1 Å². The van der Waals surface area contributed by atoms with Gasteiger partial charge in [0, 0.05) is 11.6 Å². The topological polar surface area (TPSA) is 94.1 Å². The molecule has 0 aromatic heterocycles. The van der Waals surface area contributed by atoms with Crippen molar-refractivity contribution >= 4 is 29.2 Å². The predicted molar refractivity (Wildman–Crippen MR) is 94.6 cm³/mol. The number of hydrogen-bond donors (Lipinski definition) is 2. The molecular weight excluding hydrogens is 362 g/mol. The first kappa shape index (κ1) is 18.9. The van der Waals surface area contributed by atoms with E-state index in [0.717, 1.165) is 19.4 Å². The molecule has 1 unspecified atom stereocenters. The molecule has 142 valence electrons. The maximum Gasteiger partial charge on any atom is 0.333 e. The van der Waals surface area contributed by atoms with E-state index in [1.807, 2.05) is 0 Å². The van der Waals surface area contributed by atoms with Crippen molar-refractivity contribution in [1.82, 2.24) is 0 Å². The lowest BCUT2D eigenvalue weighted by Gasteiger charge is -2.17. The van der Waals surface area contributed by atoms with E-state index in [1.165, 1.54) is 0 Å². The van der Waals surface area contributed by atoms with E-state index in [-0.39, 0.29) is 12.0 Å². The maximum absolute atomic E-state index is 12.5. The molecule has 2 aliphatic rings. The number of carbonyl (C=O) groups excluding carboxylic acids is 1. The van der Waals surface area contributed by atoms with Crippen molar-refractivity contribution in [1.29, 1.82) is 0 Å². The number of nitrogens with one attached hydrogen (secondary N) is 1. The minimum absolute atomic E-state index is 0.0459. The van der Waals surface area contributed by atoms with Crippen molar-refractivity contribution in [3.63, 3.8) is 0 Å². The molecule has 8 heteroatoms. The van der Waals surface area contributed by atoms with Gasteiger partial charge in [-0.25, -0.2) is 4.79 Å². The molecule has 0 radical (unpaired) electrons. The molecule has 3 rings (SSSR count). The largest absolute Gasteiger partial charge is 0.489 e. The highest BCUT2D eigenvalue weighted by atomic mass is 35.5. The maximum atomic E-state index is 12.5. The standard InChI is InChI=1S/C18H22ClNO6/c1-10-7-15(26-16(10)18(22)23)17(21)20-13-8-11(19)4-5-14(13)25-9-12-3-2-6-24-12/h4-5,8,10,12,15-16H,2-3,6-7,9H2,1H3,(H,20,21)(H,22,23)/t10-,12?,15-,16-/m1/s1. The normalized spacial score (nSPS) is 28.1. The predicted octanol–water partition coefficient (Wildman–Crippen LogP) is 2.71. The van der Waals surface area contributed by atoms with Gasteiger partial charge < -0.3 is 24.6 Å². The summed E-state index contributed by atoms with van der Waals surface area (Å²) in [5.41, 5.74) is 0.426. The number of hydrogen-bond acceptors (Lipinski definition) is 5. The van der Waals surface area contributed by atoms with Gasteiger partial charge in [-0.15, -0.1) is 0 Å². The molecule has 1 aromatic rings. The van der Waals surface area contributed by atoms with Gasteiger partial charge in [-0.05, 0) is 43.4 Å². The molecule has 0 bridgehead atoms. The highest BCUT2D eigenvalue weighted by Crippen LogP contribution is 2.31. The molecule has 2 heterocycles. The van der Waals surface area contributed by atoms with E-state index in [9.17, 15) is 9.59 Å². The Hall–Kier alpha value is -1.83. The number of carbonyl (C=O) groups is 2. The Morgan fingerprint density at radius 3 is 2.88 bits per heavy atom. The Morgan fingerprint density at radius 1 is 1.42 bits per heavy atom. The van der Waals surface area contributed by atoms with Gasteiger partial charge in [-0.2, -0.15) is 0 Å². The highest BCUT2D eigenvalue weighted by molar-refractivity contribution is 6.31. The molecule has 7 nitrogen and oxygen atoms in total. The molecule has 1 aromatic carbocycles. The van der Waals surface area contributed by atoms with Crippen LogP contribution in [0.2, 0.25) is 5.02 Å². The van der Waals surface area contributed by atoms with Crippen LogP contribution in [0.3, 0.4) is 0 Å². The fourth-order valence-corrected chi connectivity index (χ4v) is 3.37. The average molecular weight is 384 g/mol. The van der Waals surface area contributed by atoms with Crippen molar-refractivity contribution in [2.75, 3.05) is 18.5 Å². The van der Waals surface area contributed by atoms with Gasteiger partial charge in [-0.3, -0.25) is 4.79 Å². The van der Waals surface area contributed by atoms with Crippen molar-refractivity contribution in [2.45, 2.75) is 44.5 Å². The summed E-state index contributed by atoms with van der Waals surface area (Å²) in [4.78, 5) is 23.6. The van der Waals surface area contributed by atoms with Crippen LogP contribution < -0.4 is 10.1 Å². The van der Waals surface area contributed by atoms with Gasteiger partial charge >= 0.3 is 5.97 Å². The fraction of sp³-hybridized carbons (Fsp3) is 0.556. The number of aliphatic carboxylic acids is 1. The first-order chi connectivity index (χ1) is 12.4. The van der Waals surface area contributed by atoms with Crippen LogP contribution in [0, 0.1) is 5.92 Å². The molecule has 2 fully saturated rings. The van der Waals surface area contributed by atoms with Crippen molar-refractivity contribution < 1.29 is 28.9 Å². The summed E-state index contributed by atoms with van der Waals surface area (Å²) in [5, 5.41) is 12.3. The zero-order chi connectivity index (χ0) is 18.7. The molecular formula is C18H22ClNO6. The van der Waals surface area contributed by atoms with Crippen LogP contribution in [0.4, 0.5) is 5.69 Å². The van der Waals surface area contributed by atoms with Crippen LogP contribution in [-0.4, -0.2) is 48.5 Å². The van der Waals surface area contributed by atoms with Crippen molar-refractivity contribution in [2.24, 2.45) is 5.92 Å². The Labute approximate surface area is 156 Å². The lowest BCUT2D eigenvalue weighted by atomic mass is 10.0. The minimum atomic E-state index is -1.06. The summed E-state index contributed by atoms with van der Waals surface area (Å²) in [6, 6.07) is 4.96. The SMILES string of the molecule is C[C@@H]1C[C@H](C(=O)Nc2cc(Cl)ccc2OCC2CCCO2)O[C@H]1C(=O)O. The van der Waals surface area contributed by atoms with Gasteiger partial charge in [0.05, 0.1) is 11.8 Å². The van der Waals surface area contributed by atoms with E-state index in [4.69, 9.17) is 30.9 Å². The van der Waals surface area contributed by atoms with E-state index in [1.54, 1.807) is 25.1 Å². The highest BCUT2D eigenvalue weighted by Gasteiger charge is 2.40. The molecule has 2 saturated heterocycles. The van der Waals surface area contributed by atoms with Gasteiger partial charge in [0.15, 0.2) is 6.10 Å². The van der Waals surface area contributed by atoms with Crippen molar-refractivity contribution in [3.05, 3.63) is 23.2 Å². The summed E-state index contributed by atoms with van der Waals surface area (Å²) >= 11 is 6.03.